The number of aryl methyl sites for hydroxylation is 1. The number of nitrogens with one attached hydrogen (secondary N) is 2. The lowest BCUT2D eigenvalue weighted by molar-refractivity contribution is -0.189. The maximum absolute atomic E-state index is 14.6. The van der Waals surface area contributed by atoms with Crippen LogP contribution in [0.2, 0.25) is 0 Å². The first-order valence-electron chi connectivity index (χ1n) is 21.0. The second kappa shape index (κ2) is 17.5. The molecule has 3 aliphatic heterocycles. The second-order valence-electron chi connectivity index (χ2n) is 17.7. The third kappa shape index (κ3) is 9.01. The number of amides is 3. The Morgan fingerprint density at radius 2 is 1.87 bits per heavy atom. The van der Waals surface area contributed by atoms with Crippen LogP contribution in [0.3, 0.4) is 0 Å². The number of sulfonamides is 1. The normalized spacial score (nSPS) is 23.9. The number of carbonyl (C=O) groups is 4. The first kappa shape index (κ1) is 45.9. The van der Waals surface area contributed by atoms with Gasteiger partial charge in [-0.2, -0.15) is 9.73 Å². The summed E-state index contributed by atoms with van der Waals surface area (Å²) in [4.78, 5) is 71.3. The number of rotatable bonds is 9. The van der Waals surface area contributed by atoms with E-state index in [0.29, 0.717) is 23.7 Å². The van der Waals surface area contributed by atoms with Gasteiger partial charge in [-0.25, -0.2) is 28.2 Å². The van der Waals surface area contributed by atoms with Crippen LogP contribution < -0.4 is 10.7 Å². The molecule has 6 heterocycles. The summed E-state index contributed by atoms with van der Waals surface area (Å²) in [6.07, 6.45) is 5.37. The van der Waals surface area contributed by atoms with E-state index in [1.807, 2.05) is 31.4 Å². The number of esters is 1. The van der Waals surface area contributed by atoms with Crippen LogP contribution in [0.1, 0.15) is 64.5 Å². The Hall–Kier alpha value is -5.12. The average molecular weight is 906 g/mol. The Labute approximate surface area is 370 Å². The van der Waals surface area contributed by atoms with Gasteiger partial charge in [0.1, 0.15) is 18.4 Å². The van der Waals surface area contributed by atoms with Crippen molar-refractivity contribution in [2.75, 3.05) is 33.3 Å². The molecule has 0 spiro atoms. The van der Waals surface area contributed by atoms with E-state index in [0.717, 1.165) is 52.9 Å². The zero-order valence-corrected chi connectivity index (χ0v) is 38.0. The number of fused-ring (bicyclic) bond motifs is 6. The van der Waals surface area contributed by atoms with Crippen molar-refractivity contribution in [3.05, 3.63) is 64.9 Å². The van der Waals surface area contributed by atoms with Crippen LogP contribution in [0.4, 0.5) is 0 Å². The minimum absolute atomic E-state index is 0.0510. The van der Waals surface area contributed by atoms with Crippen LogP contribution in [0, 0.1) is 11.3 Å². The smallest absolute Gasteiger partial charge is 0.355 e. The monoisotopic (exact) mass is 905 g/mol. The number of aliphatic hydroxyl groups is 2. The van der Waals surface area contributed by atoms with E-state index >= 15 is 0 Å². The number of hydrogen-bond acceptors (Lipinski definition) is 14. The van der Waals surface area contributed by atoms with Crippen molar-refractivity contribution in [3.8, 4) is 22.5 Å². The van der Waals surface area contributed by atoms with E-state index in [1.165, 1.54) is 24.7 Å². The molecule has 4 atom stereocenters. The van der Waals surface area contributed by atoms with Crippen LogP contribution in [-0.2, 0) is 53.3 Å². The van der Waals surface area contributed by atoms with Crippen molar-refractivity contribution < 1.29 is 42.5 Å². The number of carbonyl (C=O) groups excluding carboxylic acids is 4. The number of benzene rings is 1. The highest BCUT2D eigenvalue weighted by molar-refractivity contribution is 7.92. The number of likely N-dealkylation sites (N-methyl/N-ethyl adjacent to an activating group) is 1. The standard InChI is InChI=1S/C43H55N9O9S2/c1-8-51-33-12-11-27-17-29(33)30(36(51)28-20-44-25-45-21-28)19-41(5,6)24-61-40(56)43(58)13-10-15-52(48-43)38(54)31(18-34-46-32(27)22-62-34)47-37(53)35(26(3)4)49(7)39(55)42(57)14-16-50(23-42)63(59,60)9-2/h9,11-12,17,20-22,25-26,31,35,48,57-58H,2,8,10,13-16,18-19,23-24H2,1,3-7H3,(H,47,53)/t31-,35-,42-,43-/m0/s1. The summed E-state index contributed by atoms with van der Waals surface area (Å²) >= 11 is 1.30. The summed E-state index contributed by atoms with van der Waals surface area (Å²) in [6, 6.07) is 3.58. The molecule has 3 amide bonds. The van der Waals surface area contributed by atoms with E-state index in [2.05, 4.69) is 44.8 Å². The molecule has 0 saturated carbocycles. The van der Waals surface area contributed by atoms with Gasteiger partial charge in [-0.05, 0) is 43.4 Å². The Balaban J connectivity index is 1.26. The molecule has 338 valence electrons. The summed E-state index contributed by atoms with van der Waals surface area (Å²) in [7, 11) is -2.58. The summed E-state index contributed by atoms with van der Waals surface area (Å²) in [5, 5.41) is 31.2. The highest BCUT2D eigenvalue weighted by Gasteiger charge is 2.50. The van der Waals surface area contributed by atoms with Crippen LogP contribution in [0.5, 0.6) is 0 Å². The molecule has 4 aromatic rings. The van der Waals surface area contributed by atoms with E-state index in [4.69, 9.17) is 9.72 Å². The van der Waals surface area contributed by atoms with Gasteiger partial charge in [-0.15, -0.1) is 11.3 Å². The third-order valence-corrected chi connectivity index (χ3v) is 14.4. The Bertz CT molecular complexity index is 2540. The van der Waals surface area contributed by atoms with Crippen molar-refractivity contribution in [2.24, 2.45) is 11.3 Å². The Kier molecular flexibility index (Phi) is 12.7. The van der Waals surface area contributed by atoms with Crippen LogP contribution >= 0.6 is 11.3 Å². The predicted molar refractivity (Wildman–Crippen MR) is 235 cm³/mol. The van der Waals surface area contributed by atoms with Gasteiger partial charge in [0.2, 0.25) is 21.7 Å². The molecular formula is C43H55N9O9S2. The van der Waals surface area contributed by atoms with Crippen LogP contribution in [-0.4, -0.2) is 133 Å². The topological polar surface area (TPSA) is 229 Å². The van der Waals surface area contributed by atoms with E-state index in [1.54, 1.807) is 26.2 Å². The van der Waals surface area contributed by atoms with E-state index < -0.39 is 75.0 Å². The van der Waals surface area contributed by atoms with Crippen LogP contribution in [0.15, 0.2) is 54.3 Å². The highest BCUT2D eigenvalue weighted by atomic mass is 32.2. The number of hydrazine groups is 1. The van der Waals surface area contributed by atoms with Crippen molar-refractivity contribution in [2.45, 2.75) is 96.7 Å². The summed E-state index contributed by atoms with van der Waals surface area (Å²) < 4.78 is 34.0. The lowest BCUT2D eigenvalue weighted by Gasteiger charge is -2.40. The SMILES string of the molecule is C=CS(=O)(=O)N1CC[C@@](O)(C(=O)N(C)[C@H](C(=O)N[C@H]2Cc3nc(cs3)-c3ccc4c(c3)c(c(-c3cncnc3)n4CC)CC(C)(C)COC(=O)[C@@]3(O)CCCN(N3)C2=O)C(C)C)C1. The van der Waals surface area contributed by atoms with Gasteiger partial charge in [0, 0.05) is 96.6 Å². The summed E-state index contributed by atoms with van der Waals surface area (Å²) in [5.74, 6) is -3.75. The number of ether oxygens (including phenoxy) is 1. The molecule has 63 heavy (non-hydrogen) atoms. The van der Waals surface area contributed by atoms with Crippen LogP contribution in [0.25, 0.3) is 33.4 Å². The minimum Gasteiger partial charge on any atom is -0.462 e. The zero-order chi connectivity index (χ0) is 45.6. The fourth-order valence-corrected chi connectivity index (χ4v) is 10.7. The average Bonchev–Trinajstić information content (AvgIpc) is 3.98. The zero-order valence-electron chi connectivity index (χ0n) is 36.3. The Morgan fingerprint density at radius 1 is 1.14 bits per heavy atom. The number of aromatic nitrogens is 4. The highest BCUT2D eigenvalue weighted by Crippen LogP contribution is 2.40. The van der Waals surface area contributed by atoms with Gasteiger partial charge < -0.3 is 29.7 Å². The van der Waals surface area contributed by atoms with Gasteiger partial charge in [-0.3, -0.25) is 19.4 Å². The molecule has 3 aliphatic rings. The van der Waals surface area contributed by atoms with Crippen molar-refractivity contribution in [3.63, 3.8) is 0 Å². The molecule has 0 unspecified atom stereocenters. The summed E-state index contributed by atoms with van der Waals surface area (Å²) in [6.45, 7) is 12.8. The lowest BCUT2D eigenvalue weighted by Crippen LogP contribution is -2.67. The maximum Gasteiger partial charge on any atom is 0.355 e. The minimum atomic E-state index is -3.92. The van der Waals surface area contributed by atoms with Gasteiger partial charge in [0.05, 0.1) is 29.5 Å². The molecule has 20 heteroatoms. The number of hydrogen-bond donors (Lipinski definition) is 4. The first-order chi connectivity index (χ1) is 29.7. The lowest BCUT2D eigenvalue weighted by atomic mass is 9.84. The number of nitrogens with zero attached hydrogens (tertiary/aromatic N) is 7. The molecule has 2 fully saturated rings. The van der Waals surface area contributed by atoms with Crippen molar-refractivity contribution in [1.29, 1.82) is 0 Å². The van der Waals surface area contributed by atoms with Gasteiger partial charge in [0.15, 0.2) is 5.60 Å². The van der Waals surface area contributed by atoms with E-state index in [-0.39, 0.29) is 45.4 Å². The number of thiazole rings is 1. The Morgan fingerprint density at radius 3 is 2.56 bits per heavy atom. The van der Waals surface area contributed by atoms with Gasteiger partial charge in [0.25, 0.3) is 11.8 Å². The second-order valence-corrected chi connectivity index (χ2v) is 20.6. The van der Waals surface area contributed by atoms with Gasteiger partial charge in [-0.1, -0.05) is 40.3 Å². The molecule has 0 radical (unpaired) electrons. The molecule has 2 saturated heterocycles. The predicted octanol–water partition coefficient (Wildman–Crippen LogP) is 2.60. The fourth-order valence-electron chi connectivity index (χ4n) is 8.89. The number of β-amino-alcohol motifs (C(OH)–C–C–N with tert-alkyl or cyclic N) is 1. The van der Waals surface area contributed by atoms with Gasteiger partial charge >= 0.3 is 5.97 Å². The summed E-state index contributed by atoms with van der Waals surface area (Å²) in [5.41, 5.74) is 2.88. The molecule has 0 aliphatic carbocycles. The van der Waals surface area contributed by atoms with Crippen molar-refractivity contribution >= 4 is 56.0 Å². The molecule has 1 aromatic carbocycles. The first-order valence-corrected chi connectivity index (χ1v) is 23.4. The molecule has 3 aromatic heterocycles. The molecule has 4 N–H and O–H groups in total. The van der Waals surface area contributed by atoms with Crippen molar-refractivity contribution in [1.82, 2.24) is 44.5 Å². The maximum atomic E-state index is 14.6. The quantitative estimate of drug-likeness (QED) is 0.177. The fraction of sp³-hybridized carbons (Fsp3) is 0.512. The van der Waals surface area contributed by atoms with E-state index in [9.17, 15) is 37.8 Å². The molecule has 7 rings (SSSR count). The molecule has 18 nitrogen and oxygen atoms in total. The number of cyclic esters (lactones) is 1. The molecular weight excluding hydrogens is 851 g/mol. The molecule has 6 bridgehead atoms. The third-order valence-electron chi connectivity index (χ3n) is 12.1. The largest absolute Gasteiger partial charge is 0.462 e.